The first-order chi connectivity index (χ1) is 13.5. The lowest BCUT2D eigenvalue weighted by atomic mass is 10.1. The van der Waals surface area contributed by atoms with Crippen LogP contribution in [0.5, 0.6) is 0 Å². The van der Waals surface area contributed by atoms with Gasteiger partial charge in [0.25, 0.3) is 5.91 Å². The number of nitrogens with zero attached hydrogens (tertiary/aromatic N) is 1. The fourth-order valence-corrected chi connectivity index (χ4v) is 3.14. The molecule has 0 bridgehead atoms. The fourth-order valence-electron chi connectivity index (χ4n) is 3.14. The topological polar surface area (TPSA) is 53.6 Å². The first kappa shape index (κ1) is 19.8. The molecule has 7 heteroatoms. The Morgan fingerprint density at radius 3 is 2.71 bits per heavy atom. The Balaban J connectivity index is 1.79. The maximum atomic E-state index is 14.6. The minimum atomic E-state index is -0.427. The van der Waals surface area contributed by atoms with Gasteiger partial charge in [-0.25, -0.2) is 8.78 Å². The first-order valence-electron chi connectivity index (χ1n) is 9.15. The van der Waals surface area contributed by atoms with Crippen molar-refractivity contribution in [3.05, 3.63) is 59.8 Å². The molecule has 0 fully saturated rings. The normalized spacial score (nSPS) is 14.1. The number of hydrogen-bond donors (Lipinski definition) is 2. The number of halogens is 2. The van der Waals surface area contributed by atoms with Crippen LogP contribution in [0.15, 0.2) is 42.6 Å². The van der Waals surface area contributed by atoms with Crippen LogP contribution >= 0.6 is 0 Å². The minimum Gasteiger partial charge on any atom is -0.383 e. The molecule has 0 atom stereocenters. The van der Waals surface area contributed by atoms with E-state index in [4.69, 9.17) is 4.74 Å². The highest BCUT2D eigenvalue weighted by atomic mass is 19.1. The molecular formula is C21H23F2N3O2. The second kappa shape index (κ2) is 8.84. The first-order valence-corrected chi connectivity index (χ1v) is 9.15. The summed E-state index contributed by atoms with van der Waals surface area (Å²) < 4.78 is 33.2. The van der Waals surface area contributed by atoms with E-state index in [0.29, 0.717) is 41.4 Å². The molecule has 0 aromatic heterocycles. The van der Waals surface area contributed by atoms with E-state index in [1.807, 2.05) is 11.8 Å². The van der Waals surface area contributed by atoms with Gasteiger partial charge in [0.2, 0.25) is 0 Å². The molecule has 5 nitrogen and oxygen atoms in total. The highest BCUT2D eigenvalue weighted by Crippen LogP contribution is 2.32. The Hall–Kier alpha value is -2.93. The summed E-state index contributed by atoms with van der Waals surface area (Å²) >= 11 is 0. The molecule has 28 heavy (non-hydrogen) atoms. The predicted octanol–water partition coefficient (Wildman–Crippen LogP) is 4.23. The van der Waals surface area contributed by atoms with Crippen molar-refractivity contribution in [1.29, 1.82) is 0 Å². The zero-order valence-corrected chi connectivity index (χ0v) is 15.9. The van der Waals surface area contributed by atoms with Crippen LogP contribution in [-0.2, 0) is 9.53 Å². The van der Waals surface area contributed by atoms with Crippen molar-refractivity contribution in [2.24, 2.45) is 0 Å². The second-order valence-corrected chi connectivity index (χ2v) is 6.49. The molecule has 0 radical (unpaired) electrons. The quantitative estimate of drug-likeness (QED) is 0.666. The van der Waals surface area contributed by atoms with Gasteiger partial charge < -0.3 is 20.3 Å². The van der Waals surface area contributed by atoms with E-state index in [-0.39, 0.29) is 11.7 Å². The smallest absolute Gasteiger partial charge is 0.257 e. The van der Waals surface area contributed by atoms with E-state index in [2.05, 4.69) is 10.6 Å². The summed E-state index contributed by atoms with van der Waals surface area (Å²) in [5, 5.41) is 5.60. The molecule has 1 aliphatic heterocycles. The number of hydrogen-bond acceptors (Lipinski definition) is 4. The number of methoxy groups -OCH3 is 1. The number of ether oxygens (including phenoxy) is 1. The Kier molecular flexibility index (Phi) is 6.26. The van der Waals surface area contributed by atoms with E-state index >= 15 is 0 Å². The third-order valence-electron chi connectivity index (χ3n) is 4.50. The maximum Gasteiger partial charge on any atom is 0.257 e. The van der Waals surface area contributed by atoms with Crippen LogP contribution in [0.2, 0.25) is 0 Å². The molecule has 0 unspecified atom stereocenters. The van der Waals surface area contributed by atoms with Crippen molar-refractivity contribution in [2.45, 2.75) is 13.3 Å². The van der Waals surface area contributed by atoms with Gasteiger partial charge in [0.1, 0.15) is 11.6 Å². The Bertz CT molecular complexity index is 899. The third-order valence-corrected chi connectivity index (χ3v) is 4.50. The van der Waals surface area contributed by atoms with Gasteiger partial charge in [-0.2, -0.15) is 0 Å². The monoisotopic (exact) mass is 387 g/mol. The summed E-state index contributed by atoms with van der Waals surface area (Å²) in [7, 11) is 1.62. The van der Waals surface area contributed by atoms with E-state index in [1.165, 1.54) is 30.5 Å². The molecule has 1 aliphatic rings. The number of benzene rings is 2. The van der Waals surface area contributed by atoms with Crippen molar-refractivity contribution < 1.29 is 18.3 Å². The van der Waals surface area contributed by atoms with Crippen LogP contribution in [0.1, 0.15) is 18.9 Å². The molecule has 1 amide bonds. The van der Waals surface area contributed by atoms with Gasteiger partial charge in [0.05, 0.1) is 17.9 Å². The van der Waals surface area contributed by atoms with Crippen LogP contribution in [0.3, 0.4) is 0 Å². The second-order valence-electron chi connectivity index (χ2n) is 6.49. The molecule has 2 N–H and O–H groups in total. The summed E-state index contributed by atoms with van der Waals surface area (Å²) in [6.07, 6.45) is 2.35. The van der Waals surface area contributed by atoms with E-state index in [0.717, 1.165) is 13.0 Å². The van der Waals surface area contributed by atoms with Crippen LogP contribution in [0.4, 0.5) is 25.8 Å². The van der Waals surface area contributed by atoms with E-state index < -0.39 is 5.82 Å². The van der Waals surface area contributed by atoms with E-state index in [9.17, 15) is 13.6 Å². The number of nitrogens with one attached hydrogen (secondary N) is 2. The Morgan fingerprint density at radius 2 is 2.00 bits per heavy atom. The van der Waals surface area contributed by atoms with Gasteiger partial charge in [-0.15, -0.1) is 0 Å². The fraction of sp³-hybridized carbons (Fsp3) is 0.286. The molecule has 0 saturated carbocycles. The van der Waals surface area contributed by atoms with Crippen molar-refractivity contribution in [3.63, 3.8) is 0 Å². The number of rotatable bonds is 8. The zero-order chi connectivity index (χ0) is 20.1. The van der Waals surface area contributed by atoms with E-state index in [1.54, 1.807) is 19.2 Å². The lowest BCUT2D eigenvalue weighted by Crippen LogP contribution is -2.28. The molecule has 0 saturated heterocycles. The van der Waals surface area contributed by atoms with Crippen molar-refractivity contribution in [3.8, 4) is 0 Å². The minimum absolute atomic E-state index is 0.298. The number of carbonyl (C=O) groups excluding carboxylic acids is 1. The molecule has 2 aromatic carbocycles. The largest absolute Gasteiger partial charge is 0.383 e. The van der Waals surface area contributed by atoms with Crippen LogP contribution in [0, 0.1) is 11.6 Å². The molecule has 1 heterocycles. The number of anilines is 3. The highest BCUT2D eigenvalue weighted by Gasteiger charge is 2.24. The molecule has 3 rings (SSSR count). The molecule has 0 spiro atoms. The van der Waals surface area contributed by atoms with Gasteiger partial charge in [0, 0.05) is 43.3 Å². The SMILES string of the molecule is CCCN(CCOC)c1ccc(N/C=C2/C(=O)Nc3ccc(F)cc32)cc1F. The van der Waals surface area contributed by atoms with Gasteiger partial charge in [-0.05, 0) is 42.8 Å². The van der Waals surface area contributed by atoms with Crippen molar-refractivity contribution in [2.75, 3.05) is 42.3 Å². The Labute approximate surface area is 163 Å². The van der Waals surface area contributed by atoms with Gasteiger partial charge in [-0.3, -0.25) is 4.79 Å². The summed E-state index contributed by atoms with van der Waals surface area (Å²) in [6.45, 7) is 3.87. The molecule has 2 aromatic rings. The van der Waals surface area contributed by atoms with Crippen LogP contribution < -0.4 is 15.5 Å². The van der Waals surface area contributed by atoms with Crippen LogP contribution in [-0.4, -0.2) is 32.7 Å². The summed E-state index contributed by atoms with van der Waals surface area (Å²) in [4.78, 5) is 14.0. The third kappa shape index (κ3) is 4.31. The number of carbonyl (C=O) groups is 1. The average Bonchev–Trinajstić information content (AvgIpc) is 2.98. The summed E-state index contributed by atoms with van der Waals surface area (Å²) in [6, 6.07) is 8.91. The van der Waals surface area contributed by atoms with Crippen molar-refractivity contribution in [1.82, 2.24) is 0 Å². The highest BCUT2D eigenvalue weighted by molar-refractivity contribution is 6.31. The molecule has 0 aliphatic carbocycles. The van der Waals surface area contributed by atoms with Gasteiger partial charge in [-0.1, -0.05) is 6.92 Å². The predicted molar refractivity (Wildman–Crippen MR) is 107 cm³/mol. The van der Waals surface area contributed by atoms with Gasteiger partial charge >= 0.3 is 0 Å². The Morgan fingerprint density at radius 1 is 1.18 bits per heavy atom. The average molecular weight is 387 g/mol. The zero-order valence-electron chi connectivity index (χ0n) is 15.9. The summed E-state index contributed by atoms with van der Waals surface area (Å²) in [5.41, 5.74) is 2.32. The number of fused-ring (bicyclic) bond motifs is 1. The van der Waals surface area contributed by atoms with Crippen molar-refractivity contribution >= 4 is 28.5 Å². The number of amides is 1. The molecular weight excluding hydrogens is 364 g/mol. The lowest BCUT2D eigenvalue weighted by Gasteiger charge is -2.24. The van der Waals surface area contributed by atoms with Crippen LogP contribution in [0.25, 0.3) is 5.57 Å². The standard InChI is InChI=1S/C21H23F2N3O2/c1-3-8-26(9-10-28-2)20-7-5-15(12-18(20)23)24-13-17-16-11-14(22)4-6-19(16)25-21(17)27/h4-7,11-13,24H,3,8-10H2,1-2H3,(H,25,27)/b17-13+. The maximum absolute atomic E-state index is 14.6. The molecule has 148 valence electrons. The summed E-state index contributed by atoms with van der Waals surface area (Å²) in [5.74, 6) is -1.13. The van der Waals surface area contributed by atoms with Gasteiger partial charge in [0.15, 0.2) is 0 Å². The lowest BCUT2D eigenvalue weighted by molar-refractivity contribution is -0.110.